The normalized spacial score (nSPS) is 18.3. The molecule has 0 saturated heterocycles. The number of benzene rings is 1. The molecular formula is C13H13F3N2. The third-order valence-corrected chi connectivity index (χ3v) is 3.39. The summed E-state index contributed by atoms with van der Waals surface area (Å²) in [6, 6.07) is 8.30. The summed E-state index contributed by atoms with van der Waals surface area (Å²) in [5.41, 5.74) is 0.309. The molecule has 0 spiro atoms. The van der Waals surface area contributed by atoms with Crippen molar-refractivity contribution in [2.45, 2.75) is 37.4 Å². The van der Waals surface area contributed by atoms with E-state index in [-0.39, 0.29) is 5.69 Å². The average Bonchev–Trinajstić information content (AvgIpc) is 2.77. The Hall–Kier alpha value is -1.70. The van der Waals surface area contributed by atoms with Gasteiger partial charge in [-0.05, 0) is 30.5 Å². The molecule has 1 aliphatic rings. The van der Waals surface area contributed by atoms with Crippen LogP contribution in [0.3, 0.4) is 0 Å². The zero-order chi connectivity index (χ0) is 13.2. The lowest BCUT2D eigenvalue weighted by Crippen LogP contribution is -2.21. The second-order valence-corrected chi connectivity index (χ2v) is 4.60. The zero-order valence-corrected chi connectivity index (χ0v) is 9.72. The molecule has 18 heavy (non-hydrogen) atoms. The van der Waals surface area contributed by atoms with Gasteiger partial charge in [-0.3, -0.25) is 5.32 Å². The molecule has 96 valence electrons. The molecule has 2 nitrogen and oxygen atoms in total. The van der Waals surface area contributed by atoms with Gasteiger partial charge in [0.2, 0.25) is 0 Å². The minimum absolute atomic E-state index is 0.00247. The molecular weight excluding hydrogens is 241 g/mol. The highest BCUT2D eigenvalue weighted by Gasteiger charge is 2.35. The number of nitriles is 1. The molecule has 0 aromatic heterocycles. The van der Waals surface area contributed by atoms with Crippen LogP contribution in [0.4, 0.5) is 18.9 Å². The lowest BCUT2D eigenvalue weighted by atomic mass is 9.80. The van der Waals surface area contributed by atoms with Crippen molar-refractivity contribution in [3.8, 4) is 6.07 Å². The maximum absolute atomic E-state index is 12.1. The Morgan fingerprint density at radius 2 is 1.67 bits per heavy atom. The number of anilines is 1. The summed E-state index contributed by atoms with van der Waals surface area (Å²) in [4.78, 5) is 0. The standard InChI is InChI=1S/C13H13F3N2/c14-13(15,16)18-11-5-3-10(4-6-11)12(9-17)7-1-2-8-12/h3-6,18H,1-2,7-8H2. The van der Waals surface area contributed by atoms with Crippen molar-refractivity contribution >= 4 is 5.69 Å². The molecule has 0 bridgehead atoms. The van der Waals surface area contributed by atoms with Gasteiger partial charge >= 0.3 is 6.30 Å². The molecule has 0 radical (unpaired) electrons. The summed E-state index contributed by atoms with van der Waals surface area (Å²) < 4.78 is 36.4. The number of hydrogen-bond donors (Lipinski definition) is 1. The summed E-state index contributed by atoms with van der Waals surface area (Å²) in [5, 5.41) is 10.7. The molecule has 1 aliphatic carbocycles. The van der Waals surface area contributed by atoms with E-state index in [0.29, 0.717) is 0 Å². The Balaban J connectivity index is 2.20. The summed E-state index contributed by atoms with van der Waals surface area (Å²) in [5.74, 6) is 0. The molecule has 1 aromatic rings. The minimum atomic E-state index is -4.43. The number of alkyl halides is 3. The van der Waals surface area contributed by atoms with Gasteiger partial charge in [-0.1, -0.05) is 25.0 Å². The minimum Gasteiger partial charge on any atom is -0.298 e. The zero-order valence-electron chi connectivity index (χ0n) is 9.72. The van der Waals surface area contributed by atoms with E-state index in [1.807, 2.05) is 0 Å². The van der Waals surface area contributed by atoms with Crippen LogP contribution in [0.2, 0.25) is 0 Å². The van der Waals surface area contributed by atoms with E-state index < -0.39 is 11.7 Å². The fourth-order valence-corrected chi connectivity index (χ4v) is 2.48. The highest BCUT2D eigenvalue weighted by Crippen LogP contribution is 2.40. The molecule has 0 heterocycles. The molecule has 0 amide bonds. The second kappa shape index (κ2) is 4.52. The van der Waals surface area contributed by atoms with Gasteiger partial charge in [0.25, 0.3) is 0 Å². The van der Waals surface area contributed by atoms with E-state index in [0.717, 1.165) is 31.2 Å². The van der Waals surface area contributed by atoms with E-state index in [2.05, 4.69) is 6.07 Å². The van der Waals surface area contributed by atoms with Crippen LogP contribution < -0.4 is 5.32 Å². The first-order valence-corrected chi connectivity index (χ1v) is 5.82. The van der Waals surface area contributed by atoms with Gasteiger partial charge in [0.1, 0.15) is 0 Å². The first-order valence-electron chi connectivity index (χ1n) is 5.82. The van der Waals surface area contributed by atoms with Crippen LogP contribution in [0.1, 0.15) is 31.2 Å². The maximum Gasteiger partial charge on any atom is 0.482 e. The Morgan fingerprint density at radius 3 is 2.11 bits per heavy atom. The second-order valence-electron chi connectivity index (χ2n) is 4.60. The van der Waals surface area contributed by atoms with Crippen LogP contribution in [0.25, 0.3) is 0 Å². The predicted molar refractivity (Wildman–Crippen MR) is 61.9 cm³/mol. The molecule has 1 fully saturated rings. The Kier molecular flexibility index (Phi) is 3.20. The highest BCUT2D eigenvalue weighted by atomic mass is 19.4. The largest absolute Gasteiger partial charge is 0.482 e. The number of rotatable bonds is 2. The number of halogens is 3. The SMILES string of the molecule is N#CC1(c2ccc(NC(F)(F)F)cc2)CCCC1. The van der Waals surface area contributed by atoms with Crippen LogP contribution in [-0.4, -0.2) is 6.30 Å². The van der Waals surface area contributed by atoms with Crippen LogP contribution in [0, 0.1) is 11.3 Å². The molecule has 0 atom stereocenters. The van der Waals surface area contributed by atoms with E-state index >= 15 is 0 Å². The van der Waals surface area contributed by atoms with Crippen molar-refractivity contribution in [2.75, 3.05) is 5.32 Å². The fourth-order valence-electron chi connectivity index (χ4n) is 2.48. The van der Waals surface area contributed by atoms with Gasteiger partial charge < -0.3 is 0 Å². The van der Waals surface area contributed by atoms with E-state index in [9.17, 15) is 18.4 Å². The highest BCUT2D eigenvalue weighted by molar-refractivity contribution is 5.48. The first-order chi connectivity index (χ1) is 8.45. The van der Waals surface area contributed by atoms with Gasteiger partial charge in [0.15, 0.2) is 0 Å². The van der Waals surface area contributed by atoms with Crippen LogP contribution in [0.15, 0.2) is 24.3 Å². The Bertz CT molecular complexity index is 451. The maximum atomic E-state index is 12.1. The van der Waals surface area contributed by atoms with E-state index in [1.54, 1.807) is 12.1 Å². The van der Waals surface area contributed by atoms with Crippen molar-refractivity contribution < 1.29 is 13.2 Å². The van der Waals surface area contributed by atoms with Gasteiger partial charge in [-0.2, -0.15) is 18.4 Å². The lowest BCUT2D eigenvalue weighted by Gasteiger charge is -2.21. The molecule has 1 N–H and O–H groups in total. The van der Waals surface area contributed by atoms with Crippen LogP contribution in [0.5, 0.6) is 0 Å². The van der Waals surface area contributed by atoms with Gasteiger partial charge in [0.05, 0.1) is 11.5 Å². The van der Waals surface area contributed by atoms with Crippen molar-refractivity contribution in [3.05, 3.63) is 29.8 Å². The number of nitrogens with zero attached hydrogens (tertiary/aromatic N) is 1. The topological polar surface area (TPSA) is 35.8 Å². The van der Waals surface area contributed by atoms with Gasteiger partial charge in [-0.25, -0.2) is 0 Å². The number of nitrogens with one attached hydrogen (secondary N) is 1. The Morgan fingerprint density at radius 1 is 1.11 bits per heavy atom. The Labute approximate surface area is 103 Å². The summed E-state index contributed by atoms with van der Waals surface area (Å²) in [7, 11) is 0. The lowest BCUT2D eigenvalue weighted by molar-refractivity contribution is -0.0999. The molecule has 0 unspecified atom stereocenters. The third kappa shape index (κ3) is 2.58. The molecule has 1 saturated carbocycles. The first kappa shape index (κ1) is 12.7. The van der Waals surface area contributed by atoms with Crippen LogP contribution >= 0.6 is 0 Å². The van der Waals surface area contributed by atoms with Crippen molar-refractivity contribution in [1.82, 2.24) is 0 Å². The number of hydrogen-bond acceptors (Lipinski definition) is 2. The van der Waals surface area contributed by atoms with Crippen molar-refractivity contribution in [1.29, 1.82) is 5.26 Å². The summed E-state index contributed by atoms with van der Waals surface area (Å²) in [6.45, 7) is 0. The molecule has 0 aliphatic heterocycles. The monoisotopic (exact) mass is 254 g/mol. The quantitative estimate of drug-likeness (QED) is 0.811. The third-order valence-electron chi connectivity index (χ3n) is 3.39. The summed E-state index contributed by atoms with van der Waals surface area (Å²) >= 11 is 0. The fraction of sp³-hybridized carbons (Fsp3) is 0.462. The average molecular weight is 254 g/mol. The van der Waals surface area contributed by atoms with E-state index in [4.69, 9.17) is 0 Å². The smallest absolute Gasteiger partial charge is 0.298 e. The predicted octanol–water partition coefficient (Wildman–Crippen LogP) is 3.95. The molecule has 5 heteroatoms. The summed E-state index contributed by atoms with van der Waals surface area (Å²) in [6.07, 6.45) is -0.862. The van der Waals surface area contributed by atoms with Gasteiger partial charge in [0, 0.05) is 5.69 Å². The van der Waals surface area contributed by atoms with Crippen LogP contribution in [-0.2, 0) is 5.41 Å². The van der Waals surface area contributed by atoms with E-state index in [1.165, 1.54) is 17.4 Å². The van der Waals surface area contributed by atoms with Crippen molar-refractivity contribution in [2.24, 2.45) is 0 Å². The van der Waals surface area contributed by atoms with Gasteiger partial charge in [-0.15, -0.1) is 0 Å². The molecule has 2 rings (SSSR count). The molecule has 1 aromatic carbocycles. The van der Waals surface area contributed by atoms with Crippen molar-refractivity contribution in [3.63, 3.8) is 0 Å².